The molecule has 0 radical (unpaired) electrons. The van der Waals surface area contributed by atoms with Crippen LogP contribution in [0, 0.1) is 6.92 Å². The van der Waals surface area contributed by atoms with Gasteiger partial charge in [-0.3, -0.25) is 14.4 Å². The van der Waals surface area contributed by atoms with Gasteiger partial charge in [0.2, 0.25) is 10.9 Å². The molecule has 11 heteroatoms. The maximum absolute atomic E-state index is 12.8. The molecule has 1 atom stereocenters. The number of hydrogen-bond acceptors (Lipinski definition) is 8. The molecular formula is C22H15Cl2N3O5S. The normalized spacial score (nSPS) is 13.7. The summed E-state index contributed by atoms with van der Waals surface area (Å²) < 4.78 is 5.42. The Morgan fingerprint density at radius 1 is 1.03 bits per heavy atom. The van der Waals surface area contributed by atoms with E-state index in [-0.39, 0.29) is 34.1 Å². The molecule has 0 N–H and O–H groups in total. The number of ether oxygens (including phenoxy) is 1. The lowest BCUT2D eigenvalue weighted by molar-refractivity contribution is 0.0278. The second kappa shape index (κ2) is 9.38. The Labute approximate surface area is 202 Å². The van der Waals surface area contributed by atoms with Crippen LogP contribution in [0.4, 0.5) is 5.13 Å². The number of esters is 1. The van der Waals surface area contributed by atoms with Gasteiger partial charge in [-0.25, -0.2) is 9.69 Å². The van der Waals surface area contributed by atoms with E-state index in [9.17, 15) is 19.2 Å². The van der Waals surface area contributed by atoms with Crippen LogP contribution >= 0.6 is 34.5 Å². The van der Waals surface area contributed by atoms with Crippen LogP contribution in [0.3, 0.4) is 0 Å². The molecule has 168 valence electrons. The minimum Gasteiger partial charge on any atom is -0.450 e. The number of aromatic nitrogens is 2. The number of hydrogen-bond donors (Lipinski definition) is 0. The number of rotatable bonds is 7. The van der Waals surface area contributed by atoms with Crippen molar-refractivity contribution >= 4 is 63.2 Å². The summed E-state index contributed by atoms with van der Waals surface area (Å²) in [6.45, 7) is 1.70. The Balaban J connectivity index is 1.56. The summed E-state index contributed by atoms with van der Waals surface area (Å²) in [6.07, 6.45) is -1.02. The minimum atomic E-state index is -1.12. The molecule has 1 aromatic heterocycles. The maximum Gasteiger partial charge on any atom is 0.338 e. The van der Waals surface area contributed by atoms with E-state index in [1.165, 1.54) is 30.3 Å². The molecule has 0 aliphatic carbocycles. The number of Topliss-reactive ketones (excluding diaryl/α,β-unsaturated/α-hetero) is 1. The van der Waals surface area contributed by atoms with Crippen LogP contribution in [-0.2, 0) is 4.74 Å². The van der Waals surface area contributed by atoms with Crippen molar-refractivity contribution in [2.24, 2.45) is 0 Å². The standard InChI is InChI=1S/C22H15Cl2N3O5S/c1-11-25-26-22(33-11)27-19(29)15-7-4-13(10-16(15)20(27)30)21(31)32-17(8-9-23)18(28)12-2-5-14(24)6-3-12/h2-7,10,17H,8-9H2,1H3/t17-/m0/s1. The highest BCUT2D eigenvalue weighted by Gasteiger charge is 2.39. The monoisotopic (exact) mass is 503 g/mol. The molecular weight excluding hydrogens is 489 g/mol. The van der Waals surface area contributed by atoms with Gasteiger partial charge in [-0.2, -0.15) is 0 Å². The predicted molar refractivity (Wildman–Crippen MR) is 123 cm³/mol. The van der Waals surface area contributed by atoms with Gasteiger partial charge < -0.3 is 4.74 Å². The molecule has 8 nitrogen and oxygen atoms in total. The maximum atomic E-state index is 12.8. The zero-order chi connectivity index (χ0) is 23.7. The van der Waals surface area contributed by atoms with E-state index < -0.39 is 29.7 Å². The first-order valence-corrected chi connectivity index (χ1v) is 11.4. The lowest BCUT2D eigenvalue weighted by atomic mass is 10.0. The van der Waals surface area contributed by atoms with Crippen molar-refractivity contribution in [3.05, 3.63) is 74.7 Å². The van der Waals surface area contributed by atoms with Crippen molar-refractivity contribution in [1.29, 1.82) is 0 Å². The van der Waals surface area contributed by atoms with Crippen molar-refractivity contribution in [3.63, 3.8) is 0 Å². The number of halogens is 2. The number of amides is 2. The van der Waals surface area contributed by atoms with Gasteiger partial charge in [0, 0.05) is 22.9 Å². The highest BCUT2D eigenvalue weighted by Crippen LogP contribution is 2.31. The number of anilines is 1. The number of nitrogens with zero attached hydrogens (tertiary/aromatic N) is 3. The van der Waals surface area contributed by atoms with Gasteiger partial charge in [0.25, 0.3) is 11.8 Å². The summed E-state index contributed by atoms with van der Waals surface area (Å²) in [6, 6.07) is 10.2. The van der Waals surface area contributed by atoms with Crippen LogP contribution in [-0.4, -0.2) is 45.7 Å². The molecule has 1 aliphatic heterocycles. The first kappa shape index (κ1) is 23.0. The third-order valence-electron chi connectivity index (χ3n) is 4.87. The van der Waals surface area contributed by atoms with Crippen LogP contribution in [0.5, 0.6) is 0 Å². The molecule has 0 bridgehead atoms. The highest BCUT2D eigenvalue weighted by atomic mass is 35.5. The van der Waals surface area contributed by atoms with Gasteiger partial charge in [-0.05, 0) is 49.4 Å². The summed E-state index contributed by atoms with van der Waals surface area (Å²) in [7, 11) is 0. The van der Waals surface area contributed by atoms with Crippen LogP contribution in [0.1, 0.15) is 52.9 Å². The fourth-order valence-corrected chi connectivity index (χ4v) is 4.27. The number of imide groups is 1. The quantitative estimate of drug-likeness (QED) is 0.204. The average molecular weight is 504 g/mol. The van der Waals surface area contributed by atoms with Crippen molar-refractivity contribution in [1.82, 2.24) is 10.2 Å². The van der Waals surface area contributed by atoms with Gasteiger partial charge in [0.1, 0.15) is 5.01 Å². The average Bonchev–Trinajstić information content (AvgIpc) is 3.33. The van der Waals surface area contributed by atoms with E-state index >= 15 is 0 Å². The lowest BCUT2D eigenvalue weighted by Gasteiger charge is -2.16. The topological polar surface area (TPSA) is 107 Å². The summed E-state index contributed by atoms with van der Waals surface area (Å²) in [4.78, 5) is 52.1. The Hall–Kier alpha value is -3.14. The first-order valence-electron chi connectivity index (χ1n) is 9.70. The number of fused-ring (bicyclic) bond motifs is 1. The summed E-state index contributed by atoms with van der Waals surface area (Å²) in [5.41, 5.74) is 0.521. The number of alkyl halides is 1. The van der Waals surface area contributed by atoms with Crippen molar-refractivity contribution in [3.8, 4) is 0 Å². The van der Waals surface area contributed by atoms with E-state index in [1.807, 2.05) is 0 Å². The largest absolute Gasteiger partial charge is 0.450 e. The van der Waals surface area contributed by atoms with Crippen LogP contribution < -0.4 is 4.90 Å². The van der Waals surface area contributed by atoms with Gasteiger partial charge in [-0.1, -0.05) is 22.9 Å². The van der Waals surface area contributed by atoms with Gasteiger partial charge >= 0.3 is 5.97 Å². The van der Waals surface area contributed by atoms with E-state index in [2.05, 4.69) is 10.2 Å². The van der Waals surface area contributed by atoms with Crippen LogP contribution in [0.25, 0.3) is 0 Å². The zero-order valence-corrected chi connectivity index (χ0v) is 19.4. The van der Waals surface area contributed by atoms with Gasteiger partial charge in [0.05, 0.1) is 16.7 Å². The molecule has 1 aliphatic rings. The molecule has 33 heavy (non-hydrogen) atoms. The molecule has 2 aromatic carbocycles. The van der Waals surface area contributed by atoms with Crippen molar-refractivity contribution in [2.75, 3.05) is 10.8 Å². The first-order chi connectivity index (χ1) is 15.8. The van der Waals surface area contributed by atoms with E-state index in [0.717, 1.165) is 16.2 Å². The Kier molecular flexibility index (Phi) is 6.55. The van der Waals surface area contributed by atoms with Crippen molar-refractivity contribution in [2.45, 2.75) is 19.4 Å². The number of benzene rings is 2. The Morgan fingerprint density at radius 3 is 2.33 bits per heavy atom. The van der Waals surface area contributed by atoms with E-state index in [1.54, 1.807) is 19.1 Å². The smallest absolute Gasteiger partial charge is 0.338 e. The van der Waals surface area contributed by atoms with E-state index in [4.69, 9.17) is 27.9 Å². The van der Waals surface area contributed by atoms with Gasteiger partial charge in [0.15, 0.2) is 6.10 Å². The third kappa shape index (κ3) is 4.52. The van der Waals surface area contributed by atoms with E-state index in [0.29, 0.717) is 15.6 Å². The summed E-state index contributed by atoms with van der Waals surface area (Å²) >= 11 is 12.8. The fraction of sp³-hybridized carbons (Fsp3) is 0.182. The third-order valence-corrected chi connectivity index (χ3v) is 6.16. The van der Waals surface area contributed by atoms with Crippen molar-refractivity contribution < 1.29 is 23.9 Å². The molecule has 0 fully saturated rings. The summed E-state index contributed by atoms with van der Waals surface area (Å²) in [5, 5.41) is 8.90. The SMILES string of the molecule is Cc1nnc(N2C(=O)c3ccc(C(=O)O[C@@H](CCCl)C(=O)c4ccc(Cl)cc4)cc3C2=O)s1. The van der Waals surface area contributed by atoms with Crippen LogP contribution in [0.2, 0.25) is 5.02 Å². The number of carbonyl (C=O) groups is 4. The molecule has 0 unspecified atom stereocenters. The number of ketones is 1. The molecule has 0 spiro atoms. The zero-order valence-electron chi connectivity index (χ0n) is 17.1. The molecule has 2 amide bonds. The number of aryl methyl sites for hydroxylation is 1. The second-order valence-electron chi connectivity index (χ2n) is 7.05. The number of carbonyl (C=O) groups excluding carboxylic acids is 4. The Morgan fingerprint density at radius 2 is 1.70 bits per heavy atom. The second-order valence-corrected chi connectivity index (χ2v) is 9.03. The Bertz CT molecular complexity index is 1280. The van der Waals surface area contributed by atoms with Gasteiger partial charge in [-0.15, -0.1) is 21.8 Å². The molecule has 0 saturated carbocycles. The summed E-state index contributed by atoms with van der Waals surface area (Å²) in [5.74, 6) is -2.32. The lowest BCUT2D eigenvalue weighted by Crippen LogP contribution is -2.29. The molecule has 4 rings (SSSR count). The fourth-order valence-electron chi connectivity index (χ4n) is 3.26. The minimum absolute atomic E-state index is 0.0219. The highest BCUT2D eigenvalue weighted by molar-refractivity contribution is 7.15. The molecule has 3 aromatic rings. The van der Waals surface area contributed by atoms with Crippen LogP contribution in [0.15, 0.2) is 42.5 Å². The predicted octanol–water partition coefficient (Wildman–Crippen LogP) is 4.34. The molecule has 2 heterocycles. The molecule has 0 saturated heterocycles.